The van der Waals surface area contributed by atoms with Crippen LogP contribution in [0, 0.1) is 0 Å². The van der Waals surface area contributed by atoms with Crippen molar-refractivity contribution in [1.29, 1.82) is 0 Å². The molecule has 0 saturated carbocycles. The Labute approximate surface area is 145 Å². The molecule has 0 aliphatic carbocycles. The van der Waals surface area contributed by atoms with Gasteiger partial charge in [0.05, 0.1) is 11.4 Å². The molecule has 0 saturated heterocycles. The number of para-hydroxylation sites is 1. The minimum Gasteiger partial charge on any atom is -0.479 e. The van der Waals surface area contributed by atoms with E-state index < -0.39 is 0 Å². The third kappa shape index (κ3) is 3.86. The number of hydrogen-bond acceptors (Lipinski definition) is 3. The van der Waals surface area contributed by atoms with Crippen LogP contribution in [0.2, 0.25) is 5.02 Å². The molecule has 2 N–H and O–H groups in total. The second-order valence-corrected chi connectivity index (χ2v) is 5.92. The summed E-state index contributed by atoms with van der Waals surface area (Å²) in [6, 6.07) is 12.9. The molecule has 0 radical (unpaired) electrons. The summed E-state index contributed by atoms with van der Waals surface area (Å²) >= 11 is 6.11. The Hall–Kier alpha value is -2.53. The number of nitrogens with one attached hydrogen (secondary N) is 2. The van der Waals surface area contributed by atoms with Gasteiger partial charge in [0.25, 0.3) is 5.91 Å². The number of carbonyl (C=O) groups excluding carboxylic acids is 2. The molecule has 2 aromatic rings. The highest BCUT2D eigenvalue weighted by molar-refractivity contribution is 6.31. The molecule has 0 spiro atoms. The van der Waals surface area contributed by atoms with Gasteiger partial charge in [0.2, 0.25) is 5.91 Å². The zero-order valence-electron chi connectivity index (χ0n) is 13.0. The lowest BCUT2D eigenvalue weighted by molar-refractivity contribution is -0.118. The van der Waals surface area contributed by atoms with Gasteiger partial charge < -0.3 is 15.4 Å². The molecule has 124 valence electrons. The predicted octanol–water partition coefficient (Wildman–Crippen LogP) is 3.63. The number of rotatable bonds is 5. The van der Waals surface area contributed by atoms with Crippen molar-refractivity contribution in [3.05, 3.63) is 53.1 Å². The summed E-state index contributed by atoms with van der Waals surface area (Å²) in [5.41, 5.74) is 2.17. The van der Waals surface area contributed by atoms with Gasteiger partial charge >= 0.3 is 0 Å². The van der Waals surface area contributed by atoms with Crippen molar-refractivity contribution in [1.82, 2.24) is 0 Å². The Morgan fingerprint density at radius 3 is 2.88 bits per heavy atom. The number of halogens is 1. The standard InChI is InChI=1S/C18H17ClN2O3/c19-13-7-2-1-5-12(13)6-3-10-16(22)20-14-8-4-9-15-18(14)24-11-17(23)21-15/h1-2,4-5,7-9H,3,6,10-11H2,(H,20,22)(H,21,23). The SMILES string of the molecule is O=C(CCCc1ccccc1Cl)Nc1cccc2c1OCC(=O)N2. The minimum absolute atomic E-state index is 0.0492. The smallest absolute Gasteiger partial charge is 0.262 e. The number of amides is 2. The van der Waals surface area contributed by atoms with Gasteiger partial charge in [-0.1, -0.05) is 35.9 Å². The number of aryl methyl sites for hydroxylation is 1. The van der Waals surface area contributed by atoms with E-state index in [1.807, 2.05) is 24.3 Å². The van der Waals surface area contributed by atoms with Crippen molar-refractivity contribution >= 4 is 34.8 Å². The second-order valence-electron chi connectivity index (χ2n) is 5.51. The van der Waals surface area contributed by atoms with Gasteiger partial charge in [-0.15, -0.1) is 0 Å². The monoisotopic (exact) mass is 344 g/mol. The molecule has 5 nitrogen and oxygen atoms in total. The van der Waals surface area contributed by atoms with E-state index in [1.165, 1.54) is 0 Å². The average molecular weight is 345 g/mol. The molecule has 24 heavy (non-hydrogen) atoms. The van der Waals surface area contributed by atoms with E-state index in [0.29, 0.717) is 30.0 Å². The molecule has 2 amide bonds. The Morgan fingerprint density at radius 2 is 2.04 bits per heavy atom. The molecule has 0 unspecified atom stereocenters. The number of benzene rings is 2. The van der Waals surface area contributed by atoms with E-state index in [9.17, 15) is 9.59 Å². The van der Waals surface area contributed by atoms with Crippen LogP contribution in [0.1, 0.15) is 18.4 Å². The van der Waals surface area contributed by atoms with Crippen LogP contribution in [0.3, 0.4) is 0 Å². The maximum absolute atomic E-state index is 12.2. The first kappa shape index (κ1) is 16.3. The molecule has 2 aromatic carbocycles. The lowest BCUT2D eigenvalue weighted by Gasteiger charge is -2.20. The quantitative estimate of drug-likeness (QED) is 0.870. The summed E-state index contributed by atoms with van der Waals surface area (Å²) in [5, 5.41) is 6.27. The number of carbonyl (C=O) groups is 2. The highest BCUT2D eigenvalue weighted by Gasteiger charge is 2.19. The maximum Gasteiger partial charge on any atom is 0.262 e. The lowest BCUT2D eigenvalue weighted by Crippen LogP contribution is -2.26. The predicted molar refractivity (Wildman–Crippen MR) is 93.6 cm³/mol. The summed E-state index contributed by atoms with van der Waals surface area (Å²) in [6.45, 7) is -0.0492. The molecule has 3 rings (SSSR count). The van der Waals surface area contributed by atoms with Crippen molar-refractivity contribution in [2.24, 2.45) is 0 Å². The Balaban J connectivity index is 1.57. The van der Waals surface area contributed by atoms with Crippen LogP contribution in [-0.2, 0) is 16.0 Å². The Morgan fingerprint density at radius 1 is 1.21 bits per heavy atom. The molecular formula is C18H17ClN2O3. The zero-order chi connectivity index (χ0) is 16.9. The van der Waals surface area contributed by atoms with E-state index in [2.05, 4.69) is 10.6 Å². The van der Waals surface area contributed by atoms with Gasteiger partial charge in [-0.25, -0.2) is 0 Å². The number of hydrogen-bond donors (Lipinski definition) is 2. The van der Waals surface area contributed by atoms with Gasteiger partial charge in [0, 0.05) is 11.4 Å². The zero-order valence-corrected chi connectivity index (χ0v) is 13.7. The number of anilines is 2. The molecule has 0 bridgehead atoms. The van der Waals surface area contributed by atoms with Crippen LogP contribution in [0.15, 0.2) is 42.5 Å². The first-order valence-corrected chi connectivity index (χ1v) is 8.10. The van der Waals surface area contributed by atoms with Crippen molar-refractivity contribution < 1.29 is 14.3 Å². The Kier molecular flexibility index (Phi) is 5.01. The maximum atomic E-state index is 12.2. The molecule has 0 atom stereocenters. The van der Waals surface area contributed by atoms with Gasteiger partial charge in [0.15, 0.2) is 12.4 Å². The van der Waals surface area contributed by atoms with Crippen molar-refractivity contribution in [3.63, 3.8) is 0 Å². The van der Waals surface area contributed by atoms with Gasteiger partial charge in [-0.3, -0.25) is 9.59 Å². The van der Waals surface area contributed by atoms with Crippen molar-refractivity contribution in [2.75, 3.05) is 17.2 Å². The van der Waals surface area contributed by atoms with Gasteiger partial charge in [-0.05, 0) is 36.6 Å². The van der Waals surface area contributed by atoms with Crippen molar-refractivity contribution in [2.45, 2.75) is 19.3 Å². The first-order chi connectivity index (χ1) is 11.6. The van der Waals surface area contributed by atoms with Crippen LogP contribution in [0.5, 0.6) is 5.75 Å². The van der Waals surface area contributed by atoms with Gasteiger partial charge in [-0.2, -0.15) is 0 Å². The summed E-state index contributed by atoms with van der Waals surface area (Å²) in [6.07, 6.45) is 1.82. The highest BCUT2D eigenvalue weighted by atomic mass is 35.5. The summed E-state index contributed by atoms with van der Waals surface area (Å²) in [7, 11) is 0. The summed E-state index contributed by atoms with van der Waals surface area (Å²) in [5.74, 6) is 0.193. The van der Waals surface area contributed by atoms with Crippen LogP contribution in [0.25, 0.3) is 0 Å². The number of ether oxygens (including phenoxy) is 1. The van der Waals surface area contributed by atoms with E-state index >= 15 is 0 Å². The highest BCUT2D eigenvalue weighted by Crippen LogP contribution is 2.35. The van der Waals surface area contributed by atoms with Crippen LogP contribution >= 0.6 is 11.6 Å². The van der Waals surface area contributed by atoms with Crippen molar-refractivity contribution in [3.8, 4) is 5.75 Å². The molecule has 0 aromatic heterocycles. The fourth-order valence-electron chi connectivity index (χ4n) is 2.57. The van der Waals surface area contributed by atoms with Gasteiger partial charge in [0.1, 0.15) is 0 Å². The fourth-order valence-corrected chi connectivity index (χ4v) is 2.80. The van der Waals surface area contributed by atoms with Crippen LogP contribution in [-0.4, -0.2) is 18.4 Å². The fraction of sp³-hybridized carbons (Fsp3) is 0.222. The number of fused-ring (bicyclic) bond motifs is 1. The Bertz CT molecular complexity index is 777. The third-order valence-corrected chi connectivity index (χ3v) is 4.09. The lowest BCUT2D eigenvalue weighted by atomic mass is 10.1. The third-order valence-electron chi connectivity index (χ3n) is 3.72. The molecule has 1 heterocycles. The largest absolute Gasteiger partial charge is 0.479 e. The molecular weight excluding hydrogens is 328 g/mol. The second kappa shape index (κ2) is 7.36. The average Bonchev–Trinajstić information content (AvgIpc) is 2.56. The minimum atomic E-state index is -0.203. The molecule has 6 heteroatoms. The van der Waals surface area contributed by atoms with E-state index in [1.54, 1.807) is 18.2 Å². The normalized spacial score (nSPS) is 12.8. The summed E-state index contributed by atoms with van der Waals surface area (Å²) < 4.78 is 5.41. The summed E-state index contributed by atoms with van der Waals surface area (Å²) in [4.78, 5) is 23.5. The van der Waals surface area contributed by atoms with Crippen LogP contribution < -0.4 is 15.4 Å². The van der Waals surface area contributed by atoms with E-state index in [4.69, 9.17) is 16.3 Å². The topological polar surface area (TPSA) is 67.4 Å². The van der Waals surface area contributed by atoms with Crippen LogP contribution in [0.4, 0.5) is 11.4 Å². The van der Waals surface area contributed by atoms with E-state index in [0.717, 1.165) is 17.0 Å². The first-order valence-electron chi connectivity index (χ1n) is 7.72. The van der Waals surface area contributed by atoms with E-state index in [-0.39, 0.29) is 18.4 Å². The molecule has 0 fully saturated rings. The molecule has 1 aliphatic heterocycles. The molecule has 1 aliphatic rings.